The highest BCUT2D eigenvalue weighted by atomic mass is 79.9. The lowest BCUT2D eigenvalue weighted by molar-refractivity contribution is 0.601. The molecule has 1 N–H and O–H groups in total. The Hall–Kier alpha value is -1.60. The molecule has 0 fully saturated rings. The molecule has 0 atom stereocenters. The first-order valence-corrected chi connectivity index (χ1v) is 8.08. The first-order valence-electron chi connectivity index (χ1n) is 5.81. The summed E-state index contributed by atoms with van der Waals surface area (Å²) in [6.07, 6.45) is 1.62. The largest absolute Gasteiger partial charge is 0.361 e. The Kier molecular flexibility index (Phi) is 4.29. The number of nitrogens with one attached hydrogen (secondary N) is 1. The van der Waals surface area contributed by atoms with Crippen molar-refractivity contribution in [2.45, 2.75) is 4.90 Å². The number of halogens is 1. The van der Waals surface area contributed by atoms with E-state index in [1.165, 1.54) is 0 Å². The Balaban J connectivity index is 2.42. The highest BCUT2D eigenvalue weighted by Crippen LogP contribution is 2.27. The zero-order valence-corrected chi connectivity index (χ0v) is 13.4. The van der Waals surface area contributed by atoms with E-state index in [0.29, 0.717) is 16.0 Å². The SMILES string of the molecule is CN(C)c1ncc(Br)cc1NS(=O)(=O)c1ccccc1. The molecule has 1 aromatic heterocycles. The molecule has 1 aromatic carbocycles. The van der Waals surface area contributed by atoms with Crippen molar-refractivity contribution in [3.8, 4) is 0 Å². The number of pyridine rings is 1. The van der Waals surface area contributed by atoms with E-state index in [1.807, 2.05) is 0 Å². The second-order valence-corrected chi connectivity index (χ2v) is 6.94. The van der Waals surface area contributed by atoms with Gasteiger partial charge in [-0.2, -0.15) is 0 Å². The fourth-order valence-electron chi connectivity index (χ4n) is 1.67. The molecule has 0 spiro atoms. The summed E-state index contributed by atoms with van der Waals surface area (Å²) >= 11 is 3.29. The van der Waals surface area contributed by atoms with Crippen molar-refractivity contribution in [2.24, 2.45) is 0 Å². The van der Waals surface area contributed by atoms with Crippen LogP contribution in [0.25, 0.3) is 0 Å². The van der Waals surface area contributed by atoms with Crippen LogP contribution in [-0.2, 0) is 10.0 Å². The number of hydrogen-bond donors (Lipinski definition) is 1. The number of rotatable bonds is 4. The van der Waals surface area contributed by atoms with Gasteiger partial charge in [-0.1, -0.05) is 18.2 Å². The monoisotopic (exact) mass is 355 g/mol. The van der Waals surface area contributed by atoms with Crippen LogP contribution < -0.4 is 9.62 Å². The van der Waals surface area contributed by atoms with Crippen molar-refractivity contribution >= 4 is 37.5 Å². The molecule has 0 amide bonds. The molecule has 5 nitrogen and oxygen atoms in total. The minimum atomic E-state index is -3.62. The van der Waals surface area contributed by atoms with Crippen LogP contribution in [0.3, 0.4) is 0 Å². The third kappa shape index (κ3) is 3.29. The smallest absolute Gasteiger partial charge is 0.262 e. The third-order valence-electron chi connectivity index (χ3n) is 2.55. The minimum Gasteiger partial charge on any atom is -0.361 e. The van der Waals surface area contributed by atoms with Crippen LogP contribution in [0.5, 0.6) is 0 Å². The number of benzene rings is 1. The van der Waals surface area contributed by atoms with E-state index < -0.39 is 10.0 Å². The van der Waals surface area contributed by atoms with Gasteiger partial charge in [-0.05, 0) is 34.1 Å². The predicted octanol–water partition coefficient (Wildman–Crippen LogP) is 2.71. The Bertz CT molecular complexity index is 703. The highest BCUT2D eigenvalue weighted by molar-refractivity contribution is 9.10. The van der Waals surface area contributed by atoms with Gasteiger partial charge < -0.3 is 4.90 Å². The molecule has 0 bridgehead atoms. The number of aromatic nitrogens is 1. The molecule has 1 heterocycles. The summed E-state index contributed by atoms with van der Waals surface area (Å²) in [5.74, 6) is 0.549. The number of anilines is 2. The maximum Gasteiger partial charge on any atom is 0.262 e. The van der Waals surface area contributed by atoms with Crippen LogP contribution in [0, 0.1) is 0 Å². The first-order chi connectivity index (χ1) is 9.40. The summed E-state index contributed by atoms with van der Waals surface area (Å²) in [7, 11) is -0.0193. The molecule has 2 rings (SSSR count). The lowest BCUT2D eigenvalue weighted by Gasteiger charge is -2.17. The molecule has 0 saturated carbocycles. The Morgan fingerprint density at radius 1 is 1.20 bits per heavy atom. The molecule has 0 aliphatic heterocycles. The maximum absolute atomic E-state index is 12.3. The molecule has 0 aliphatic rings. The summed E-state index contributed by atoms with van der Waals surface area (Å²) in [5, 5.41) is 0. The number of nitrogens with zero attached hydrogens (tertiary/aromatic N) is 2. The van der Waals surface area contributed by atoms with Gasteiger partial charge in [-0.3, -0.25) is 4.72 Å². The average Bonchev–Trinajstić information content (AvgIpc) is 2.39. The summed E-state index contributed by atoms with van der Waals surface area (Å²) in [4.78, 5) is 6.17. The third-order valence-corrected chi connectivity index (χ3v) is 4.37. The summed E-state index contributed by atoms with van der Waals surface area (Å²) in [6, 6.07) is 9.90. The second kappa shape index (κ2) is 5.80. The highest BCUT2D eigenvalue weighted by Gasteiger charge is 2.17. The Morgan fingerprint density at radius 3 is 2.45 bits per heavy atom. The van der Waals surface area contributed by atoms with Crippen molar-refractivity contribution < 1.29 is 8.42 Å². The molecule has 2 aromatic rings. The average molecular weight is 356 g/mol. The summed E-state index contributed by atoms with van der Waals surface area (Å²) < 4.78 is 27.9. The van der Waals surface area contributed by atoms with Gasteiger partial charge in [0.1, 0.15) is 0 Å². The molecule has 7 heteroatoms. The molecule has 106 valence electrons. The Labute approximate surface area is 126 Å². The van der Waals surface area contributed by atoms with Gasteiger partial charge in [-0.15, -0.1) is 0 Å². The van der Waals surface area contributed by atoms with Crippen LogP contribution in [0.2, 0.25) is 0 Å². The second-order valence-electron chi connectivity index (χ2n) is 4.34. The van der Waals surface area contributed by atoms with Crippen molar-refractivity contribution in [2.75, 3.05) is 23.7 Å². The predicted molar refractivity (Wildman–Crippen MR) is 83.5 cm³/mol. The van der Waals surface area contributed by atoms with Gasteiger partial charge in [0.05, 0.1) is 10.6 Å². The molecule has 20 heavy (non-hydrogen) atoms. The maximum atomic E-state index is 12.3. The van der Waals surface area contributed by atoms with Crippen molar-refractivity contribution in [1.29, 1.82) is 0 Å². The van der Waals surface area contributed by atoms with Gasteiger partial charge in [0.25, 0.3) is 10.0 Å². The molecule has 0 unspecified atom stereocenters. The van der Waals surface area contributed by atoms with Crippen LogP contribution >= 0.6 is 15.9 Å². The lowest BCUT2D eigenvalue weighted by Crippen LogP contribution is -2.18. The summed E-state index contributed by atoms with van der Waals surface area (Å²) in [5.41, 5.74) is 0.424. The van der Waals surface area contributed by atoms with Crippen LogP contribution in [0.1, 0.15) is 0 Å². The van der Waals surface area contributed by atoms with E-state index >= 15 is 0 Å². The van der Waals surface area contributed by atoms with Crippen LogP contribution in [-0.4, -0.2) is 27.5 Å². The number of hydrogen-bond acceptors (Lipinski definition) is 4. The van der Waals surface area contributed by atoms with E-state index in [1.54, 1.807) is 61.6 Å². The van der Waals surface area contributed by atoms with Crippen molar-refractivity contribution in [1.82, 2.24) is 4.98 Å². The first kappa shape index (κ1) is 14.8. The molecular weight excluding hydrogens is 342 g/mol. The van der Waals surface area contributed by atoms with Gasteiger partial charge in [-0.25, -0.2) is 13.4 Å². The lowest BCUT2D eigenvalue weighted by atomic mass is 10.4. The number of sulfonamides is 1. The fraction of sp³-hybridized carbons (Fsp3) is 0.154. The normalized spacial score (nSPS) is 11.2. The molecule has 0 saturated heterocycles. The zero-order valence-electron chi connectivity index (χ0n) is 11.0. The fourth-order valence-corrected chi connectivity index (χ4v) is 3.07. The molecular formula is C13H14BrN3O2S. The molecule has 0 radical (unpaired) electrons. The van der Waals surface area contributed by atoms with E-state index in [2.05, 4.69) is 25.6 Å². The minimum absolute atomic E-state index is 0.213. The van der Waals surface area contributed by atoms with Crippen molar-refractivity contribution in [3.63, 3.8) is 0 Å². The van der Waals surface area contributed by atoms with Crippen molar-refractivity contribution in [3.05, 3.63) is 47.1 Å². The van der Waals surface area contributed by atoms with E-state index in [9.17, 15) is 8.42 Å². The van der Waals surface area contributed by atoms with Gasteiger partial charge in [0.15, 0.2) is 5.82 Å². The van der Waals surface area contributed by atoms with Gasteiger partial charge in [0.2, 0.25) is 0 Å². The Morgan fingerprint density at radius 2 is 1.85 bits per heavy atom. The van der Waals surface area contributed by atoms with Crippen LogP contribution in [0.4, 0.5) is 11.5 Å². The quantitative estimate of drug-likeness (QED) is 0.915. The van der Waals surface area contributed by atoms with E-state index in [4.69, 9.17) is 0 Å². The van der Waals surface area contributed by atoms with Gasteiger partial charge in [0, 0.05) is 24.8 Å². The topological polar surface area (TPSA) is 62.3 Å². The van der Waals surface area contributed by atoms with Gasteiger partial charge >= 0.3 is 0 Å². The standard InChI is InChI=1S/C13H14BrN3O2S/c1-17(2)13-12(8-10(14)9-15-13)16-20(18,19)11-6-4-3-5-7-11/h3-9,16H,1-2H3. The molecule has 0 aliphatic carbocycles. The van der Waals surface area contributed by atoms with Crippen LogP contribution in [0.15, 0.2) is 52.0 Å². The van der Waals surface area contributed by atoms with E-state index in [0.717, 1.165) is 0 Å². The summed E-state index contributed by atoms with van der Waals surface area (Å²) in [6.45, 7) is 0. The van der Waals surface area contributed by atoms with E-state index in [-0.39, 0.29) is 4.90 Å². The zero-order chi connectivity index (χ0) is 14.8.